The Labute approximate surface area is 87.2 Å². The molecule has 0 bridgehead atoms. The highest BCUT2D eigenvalue weighted by Gasteiger charge is 2.20. The normalized spacial score (nSPS) is 26.2. The summed E-state index contributed by atoms with van der Waals surface area (Å²) in [6.07, 6.45) is 13.7. The summed E-state index contributed by atoms with van der Waals surface area (Å²) in [6, 6.07) is 0. The molecule has 1 fully saturated rings. The molecule has 0 aliphatic heterocycles. The van der Waals surface area contributed by atoms with Crippen molar-refractivity contribution >= 4 is 0 Å². The second kappa shape index (κ2) is 4.97. The Hall–Kier alpha value is -0.300. The summed E-state index contributed by atoms with van der Waals surface area (Å²) in [7, 11) is 0. The van der Waals surface area contributed by atoms with Crippen LogP contribution in [0.5, 0.6) is 0 Å². The quantitative estimate of drug-likeness (QED) is 0.682. The van der Waals surface area contributed by atoms with Gasteiger partial charge in [-0.3, -0.25) is 0 Å². The molecule has 0 spiro atoms. The van der Waals surface area contributed by atoms with Gasteiger partial charge in [0.25, 0.3) is 0 Å². The van der Waals surface area contributed by atoms with E-state index in [-0.39, 0.29) is 6.10 Å². The summed E-state index contributed by atoms with van der Waals surface area (Å²) in [5.41, 5.74) is 1.33. The Morgan fingerprint density at radius 1 is 1.21 bits per heavy atom. The summed E-state index contributed by atoms with van der Waals surface area (Å²) < 4.78 is 0. The van der Waals surface area contributed by atoms with Crippen LogP contribution >= 0.6 is 0 Å². The first-order valence-electron chi connectivity index (χ1n) is 6.23. The molecule has 1 unspecified atom stereocenters. The van der Waals surface area contributed by atoms with E-state index in [1.807, 2.05) is 0 Å². The van der Waals surface area contributed by atoms with Crippen LogP contribution in [0.25, 0.3) is 0 Å². The first-order chi connectivity index (χ1) is 6.86. The zero-order chi connectivity index (χ0) is 9.80. The minimum atomic E-state index is -0.111. The summed E-state index contributed by atoms with van der Waals surface area (Å²) in [5.74, 6) is 0.806. The van der Waals surface area contributed by atoms with E-state index < -0.39 is 0 Å². The van der Waals surface area contributed by atoms with Gasteiger partial charge in [-0.05, 0) is 37.2 Å². The minimum Gasteiger partial charge on any atom is -0.389 e. The number of rotatable bonds is 3. The van der Waals surface area contributed by atoms with Crippen LogP contribution in [0.3, 0.4) is 0 Å². The molecule has 1 nitrogen and oxygen atoms in total. The van der Waals surface area contributed by atoms with Gasteiger partial charge in [-0.1, -0.05) is 38.2 Å². The van der Waals surface area contributed by atoms with Crippen molar-refractivity contribution in [2.45, 2.75) is 63.9 Å². The monoisotopic (exact) mass is 194 g/mol. The minimum absolute atomic E-state index is 0.111. The Balaban J connectivity index is 1.77. The maximum absolute atomic E-state index is 10.0. The summed E-state index contributed by atoms with van der Waals surface area (Å²) >= 11 is 0. The molecule has 0 radical (unpaired) electrons. The van der Waals surface area contributed by atoms with Crippen LogP contribution in [0, 0.1) is 5.92 Å². The fraction of sp³-hybridized carbons (Fsp3) is 0.846. The smallest absolute Gasteiger partial charge is 0.0752 e. The van der Waals surface area contributed by atoms with Crippen LogP contribution in [-0.4, -0.2) is 11.2 Å². The second-order valence-electron chi connectivity index (χ2n) is 4.93. The molecule has 2 rings (SSSR count). The lowest BCUT2D eigenvalue weighted by molar-refractivity contribution is 0.158. The van der Waals surface area contributed by atoms with Crippen molar-refractivity contribution in [3.05, 3.63) is 11.6 Å². The van der Waals surface area contributed by atoms with Gasteiger partial charge in [-0.15, -0.1) is 0 Å². The number of allylic oxidation sites excluding steroid dienone is 1. The molecule has 0 saturated heterocycles. The Kier molecular flexibility index (Phi) is 3.63. The maximum atomic E-state index is 10.0. The molecule has 0 heterocycles. The highest BCUT2D eigenvalue weighted by Crippen LogP contribution is 2.31. The van der Waals surface area contributed by atoms with Crippen LogP contribution in [0.2, 0.25) is 0 Å². The van der Waals surface area contributed by atoms with Crippen LogP contribution in [-0.2, 0) is 0 Å². The average Bonchev–Trinajstić information content (AvgIpc) is 2.72. The topological polar surface area (TPSA) is 20.2 Å². The third-order valence-corrected chi connectivity index (χ3v) is 3.79. The molecular formula is C13H22O. The predicted octanol–water partition coefficient (Wildman–Crippen LogP) is 3.43. The zero-order valence-corrected chi connectivity index (χ0v) is 9.04. The van der Waals surface area contributed by atoms with Crippen molar-refractivity contribution in [3.63, 3.8) is 0 Å². The van der Waals surface area contributed by atoms with E-state index in [0.717, 1.165) is 18.8 Å². The Morgan fingerprint density at radius 2 is 2.00 bits per heavy atom. The van der Waals surface area contributed by atoms with E-state index in [2.05, 4.69) is 6.08 Å². The molecule has 0 aromatic heterocycles. The standard InChI is InChI=1S/C13H22O/c14-13(12-8-4-5-9-12)10-11-6-2-1-3-7-11/h8,11,13-14H,1-7,9-10H2. The SMILES string of the molecule is OC(CC1CCCCC1)C1=CCCC1. The molecule has 0 amide bonds. The number of aliphatic hydroxyl groups is 1. The molecular weight excluding hydrogens is 172 g/mol. The molecule has 1 saturated carbocycles. The average molecular weight is 194 g/mol. The van der Waals surface area contributed by atoms with Crippen molar-refractivity contribution in [1.29, 1.82) is 0 Å². The first kappa shape index (κ1) is 10.2. The van der Waals surface area contributed by atoms with Gasteiger partial charge < -0.3 is 5.11 Å². The molecule has 14 heavy (non-hydrogen) atoms. The van der Waals surface area contributed by atoms with Gasteiger partial charge in [0.15, 0.2) is 0 Å². The Bertz CT molecular complexity index is 201. The van der Waals surface area contributed by atoms with Crippen LogP contribution < -0.4 is 0 Å². The van der Waals surface area contributed by atoms with Crippen LogP contribution in [0.4, 0.5) is 0 Å². The van der Waals surface area contributed by atoms with Gasteiger partial charge in [-0.25, -0.2) is 0 Å². The first-order valence-corrected chi connectivity index (χ1v) is 6.23. The van der Waals surface area contributed by atoms with E-state index >= 15 is 0 Å². The fourth-order valence-corrected chi connectivity index (χ4v) is 2.89. The van der Waals surface area contributed by atoms with Crippen molar-refractivity contribution in [2.24, 2.45) is 5.92 Å². The summed E-state index contributed by atoms with van der Waals surface area (Å²) in [6.45, 7) is 0. The maximum Gasteiger partial charge on any atom is 0.0752 e. The highest BCUT2D eigenvalue weighted by atomic mass is 16.3. The van der Waals surface area contributed by atoms with Crippen molar-refractivity contribution < 1.29 is 5.11 Å². The highest BCUT2D eigenvalue weighted by molar-refractivity contribution is 5.12. The van der Waals surface area contributed by atoms with E-state index in [1.54, 1.807) is 0 Å². The molecule has 2 aliphatic rings. The van der Waals surface area contributed by atoms with Crippen molar-refractivity contribution in [1.82, 2.24) is 0 Å². The number of hydrogen-bond acceptors (Lipinski definition) is 1. The van der Waals surface area contributed by atoms with Crippen LogP contribution in [0.15, 0.2) is 11.6 Å². The molecule has 80 valence electrons. The summed E-state index contributed by atoms with van der Waals surface area (Å²) in [5, 5.41) is 10.0. The fourth-order valence-electron chi connectivity index (χ4n) is 2.89. The number of aliphatic hydroxyl groups excluding tert-OH is 1. The van der Waals surface area contributed by atoms with Gasteiger partial charge in [-0.2, -0.15) is 0 Å². The predicted molar refractivity (Wildman–Crippen MR) is 59.1 cm³/mol. The van der Waals surface area contributed by atoms with E-state index in [9.17, 15) is 5.11 Å². The van der Waals surface area contributed by atoms with Gasteiger partial charge in [0.2, 0.25) is 0 Å². The largest absolute Gasteiger partial charge is 0.389 e. The molecule has 0 aromatic carbocycles. The van der Waals surface area contributed by atoms with Crippen molar-refractivity contribution in [3.8, 4) is 0 Å². The van der Waals surface area contributed by atoms with E-state index in [0.29, 0.717) is 0 Å². The third kappa shape index (κ3) is 2.60. The lowest BCUT2D eigenvalue weighted by Gasteiger charge is -2.24. The van der Waals surface area contributed by atoms with Crippen molar-refractivity contribution in [2.75, 3.05) is 0 Å². The van der Waals surface area contributed by atoms with E-state index in [1.165, 1.54) is 50.5 Å². The van der Waals surface area contributed by atoms with E-state index in [4.69, 9.17) is 0 Å². The second-order valence-corrected chi connectivity index (χ2v) is 4.93. The van der Waals surface area contributed by atoms with Gasteiger partial charge in [0.05, 0.1) is 6.10 Å². The lowest BCUT2D eigenvalue weighted by atomic mass is 9.84. The summed E-state index contributed by atoms with van der Waals surface area (Å²) in [4.78, 5) is 0. The third-order valence-electron chi connectivity index (χ3n) is 3.79. The lowest BCUT2D eigenvalue weighted by Crippen LogP contribution is -2.17. The zero-order valence-electron chi connectivity index (χ0n) is 9.04. The molecule has 0 aromatic rings. The van der Waals surface area contributed by atoms with Gasteiger partial charge >= 0.3 is 0 Å². The van der Waals surface area contributed by atoms with Crippen LogP contribution in [0.1, 0.15) is 57.8 Å². The molecule has 1 heteroatoms. The van der Waals surface area contributed by atoms with Gasteiger partial charge in [0.1, 0.15) is 0 Å². The molecule has 1 atom stereocenters. The number of hydrogen-bond donors (Lipinski definition) is 1. The molecule has 1 N–H and O–H groups in total. The molecule has 2 aliphatic carbocycles. The Morgan fingerprint density at radius 3 is 2.64 bits per heavy atom. The van der Waals surface area contributed by atoms with Gasteiger partial charge in [0, 0.05) is 0 Å².